The molecule has 0 saturated carbocycles. The minimum Gasteiger partial charge on any atom is -0.492 e. The number of pyridine rings is 2. The van der Waals surface area contributed by atoms with Gasteiger partial charge in [-0.15, -0.1) is 0 Å². The Bertz CT molecular complexity index is 1680. The highest BCUT2D eigenvalue weighted by Gasteiger charge is 2.17. The van der Waals surface area contributed by atoms with E-state index in [1.165, 1.54) is 24.5 Å². The van der Waals surface area contributed by atoms with E-state index in [1.54, 1.807) is 12.3 Å². The van der Waals surface area contributed by atoms with Crippen molar-refractivity contribution in [1.82, 2.24) is 35.4 Å². The molecule has 0 unspecified atom stereocenters. The van der Waals surface area contributed by atoms with Crippen LogP contribution >= 0.6 is 0 Å². The predicted molar refractivity (Wildman–Crippen MR) is 151 cm³/mol. The van der Waals surface area contributed by atoms with Crippen molar-refractivity contribution in [3.05, 3.63) is 66.2 Å². The van der Waals surface area contributed by atoms with E-state index in [-0.39, 0.29) is 5.82 Å². The molecule has 0 aliphatic carbocycles. The molecule has 1 saturated heterocycles. The number of nitrogens with zero attached hydrogens (tertiary/aromatic N) is 4. The molecule has 6 heterocycles. The Balaban J connectivity index is 1.22. The van der Waals surface area contributed by atoms with Crippen molar-refractivity contribution >= 4 is 27.6 Å². The second kappa shape index (κ2) is 10.2. The molecule has 2 aliphatic rings. The maximum Gasteiger partial charge on any atom is 0.155 e. The lowest BCUT2D eigenvalue weighted by atomic mass is 10.0. The number of ether oxygens (including phenoxy) is 1. The van der Waals surface area contributed by atoms with Crippen molar-refractivity contribution in [2.75, 3.05) is 39.3 Å². The molecule has 3 N–H and O–H groups in total. The van der Waals surface area contributed by atoms with Crippen LogP contribution in [0.5, 0.6) is 5.75 Å². The molecule has 2 aliphatic heterocycles. The van der Waals surface area contributed by atoms with Gasteiger partial charge in [-0.2, -0.15) is 5.10 Å². The number of rotatable bonds is 7. The summed E-state index contributed by atoms with van der Waals surface area (Å²) in [5.74, 6) is 0.211. The van der Waals surface area contributed by atoms with E-state index < -0.39 is 0 Å². The summed E-state index contributed by atoms with van der Waals surface area (Å²) < 4.78 is 20.7. The summed E-state index contributed by atoms with van der Waals surface area (Å²) in [4.78, 5) is 15.0. The van der Waals surface area contributed by atoms with Gasteiger partial charge in [-0.3, -0.25) is 10.00 Å². The van der Waals surface area contributed by atoms with Crippen LogP contribution in [0, 0.1) is 5.82 Å². The smallest absolute Gasteiger partial charge is 0.155 e. The van der Waals surface area contributed by atoms with Crippen molar-refractivity contribution in [3.63, 3.8) is 0 Å². The van der Waals surface area contributed by atoms with Gasteiger partial charge in [0, 0.05) is 42.3 Å². The van der Waals surface area contributed by atoms with Crippen molar-refractivity contribution in [3.8, 4) is 28.3 Å². The summed E-state index contributed by atoms with van der Waals surface area (Å²) in [6, 6.07) is 11.0. The Hall–Kier alpha value is -4.08. The predicted octanol–water partition coefficient (Wildman–Crippen LogP) is 5.16. The number of likely N-dealkylation sites (tertiary alicyclic amines) is 1. The van der Waals surface area contributed by atoms with Crippen LogP contribution in [0.3, 0.4) is 0 Å². The Labute approximate surface area is 225 Å². The van der Waals surface area contributed by atoms with Crippen LogP contribution < -0.4 is 10.1 Å². The summed E-state index contributed by atoms with van der Waals surface area (Å²) >= 11 is 0. The molecule has 8 nitrogen and oxygen atoms in total. The topological polar surface area (TPSA) is 94.8 Å². The summed E-state index contributed by atoms with van der Waals surface area (Å²) in [5, 5.41) is 12.8. The van der Waals surface area contributed by atoms with E-state index in [9.17, 15) is 4.39 Å². The van der Waals surface area contributed by atoms with E-state index in [0.717, 1.165) is 83.6 Å². The zero-order valence-corrected chi connectivity index (χ0v) is 21.6. The first-order valence-electron chi connectivity index (χ1n) is 13.6. The molecule has 7 rings (SSSR count). The van der Waals surface area contributed by atoms with Crippen LogP contribution in [0.4, 0.5) is 4.39 Å². The van der Waals surface area contributed by atoms with Crippen LogP contribution in [0.2, 0.25) is 0 Å². The third-order valence-corrected chi connectivity index (χ3v) is 7.70. The highest BCUT2D eigenvalue weighted by atomic mass is 19.1. The molecule has 0 spiro atoms. The van der Waals surface area contributed by atoms with E-state index in [2.05, 4.69) is 47.5 Å². The van der Waals surface area contributed by atoms with Gasteiger partial charge in [0.15, 0.2) is 5.65 Å². The van der Waals surface area contributed by atoms with Gasteiger partial charge in [0.25, 0.3) is 0 Å². The summed E-state index contributed by atoms with van der Waals surface area (Å²) in [5.41, 5.74) is 7.08. The van der Waals surface area contributed by atoms with E-state index in [1.807, 2.05) is 24.4 Å². The first-order valence-corrected chi connectivity index (χ1v) is 13.6. The Morgan fingerprint density at radius 3 is 2.77 bits per heavy atom. The SMILES string of the molecule is Fc1cc(OCCN2CCCC2)cc(-c2ccnc3[nH]c(-c4n[nH]c5ncc(C6=CCNCC6)cc45)cc23)c1. The molecule has 1 aromatic carbocycles. The number of hydrogen-bond donors (Lipinski definition) is 3. The molecule has 0 amide bonds. The molecular weight excluding hydrogens is 493 g/mol. The van der Waals surface area contributed by atoms with E-state index in [0.29, 0.717) is 18.0 Å². The number of benzene rings is 1. The van der Waals surface area contributed by atoms with Gasteiger partial charge < -0.3 is 15.0 Å². The van der Waals surface area contributed by atoms with Gasteiger partial charge in [0.05, 0.1) is 5.69 Å². The van der Waals surface area contributed by atoms with Crippen molar-refractivity contribution in [2.24, 2.45) is 0 Å². The lowest BCUT2D eigenvalue weighted by molar-refractivity contribution is 0.237. The fraction of sp³-hybridized carbons (Fsp3) is 0.300. The van der Waals surface area contributed by atoms with Gasteiger partial charge in [-0.05, 0) is 91.5 Å². The third kappa shape index (κ3) is 4.79. The Morgan fingerprint density at radius 1 is 0.974 bits per heavy atom. The number of H-pyrrole nitrogens is 2. The van der Waals surface area contributed by atoms with Crippen LogP contribution in [0.25, 0.3) is 50.2 Å². The van der Waals surface area contributed by atoms with Crippen molar-refractivity contribution < 1.29 is 9.13 Å². The third-order valence-electron chi connectivity index (χ3n) is 7.70. The highest BCUT2D eigenvalue weighted by molar-refractivity contribution is 5.99. The van der Waals surface area contributed by atoms with Crippen LogP contribution in [0.1, 0.15) is 24.8 Å². The zero-order chi connectivity index (χ0) is 26.2. The lowest BCUT2D eigenvalue weighted by Gasteiger charge is -2.15. The maximum absolute atomic E-state index is 14.7. The number of hydrogen-bond acceptors (Lipinski definition) is 6. The number of fused-ring (bicyclic) bond motifs is 2. The number of aromatic nitrogens is 5. The fourth-order valence-electron chi connectivity index (χ4n) is 5.68. The Morgan fingerprint density at radius 2 is 1.90 bits per heavy atom. The maximum atomic E-state index is 14.7. The Kier molecular flexibility index (Phi) is 6.30. The normalized spacial score (nSPS) is 16.3. The second-order valence-electron chi connectivity index (χ2n) is 10.3. The second-order valence-corrected chi connectivity index (χ2v) is 10.3. The summed E-state index contributed by atoms with van der Waals surface area (Å²) in [7, 11) is 0. The first-order chi connectivity index (χ1) is 19.2. The molecule has 5 aromatic rings. The van der Waals surface area contributed by atoms with Crippen LogP contribution in [-0.4, -0.2) is 69.4 Å². The minimum absolute atomic E-state index is 0.325. The minimum atomic E-state index is -0.325. The summed E-state index contributed by atoms with van der Waals surface area (Å²) in [6.45, 7) is 5.45. The van der Waals surface area contributed by atoms with Gasteiger partial charge in [0.1, 0.15) is 29.5 Å². The zero-order valence-electron chi connectivity index (χ0n) is 21.6. The quantitative estimate of drug-likeness (QED) is 0.273. The van der Waals surface area contributed by atoms with Gasteiger partial charge in [-0.25, -0.2) is 14.4 Å². The molecule has 4 aromatic heterocycles. The molecule has 39 heavy (non-hydrogen) atoms. The standard InChI is InChI=1S/C30H30FN7O/c31-22-13-20(14-23(16-22)39-12-11-38-9-1-2-10-38)24-5-8-33-29-25(24)17-27(35-29)28-26-15-21(18-34-30(26)37-36-28)19-3-6-32-7-4-19/h3,5,8,13-18,32H,1-2,4,6-7,9-12H2,(H,33,35)(H,34,36,37). The molecular formula is C30H30FN7O. The lowest BCUT2D eigenvalue weighted by Crippen LogP contribution is -2.25. The van der Waals surface area contributed by atoms with Crippen LogP contribution in [-0.2, 0) is 0 Å². The first kappa shape index (κ1) is 24.0. The molecule has 0 radical (unpaired) electrons. The number of aromatic amines is 2. The summed E-state index contributed by atoms with van der Waals surface area (Å²) in [6.07, 6.45) is 9.31. The monoisotopic (exact) mass is 523 g/mol. The molecule has 0 atom stereocenters. The van der Waals surface area contributed by atoms with E-state index in [4.69, 9.17) is 4.74 Å². The molecule has 1 fully saturated rings. The van der Waals surface area contributed by atoms with Gasteiger partial charge in [0.2, 0.25) is 0 Å². The van der Waals surface area contributed by atoms with E-state index >= 15 is 0 Å². The number of halogens is 1. The largest absolute Gasteiger partial charge is 0.492 e. The molecule has 0 bridgehead atoms. The van der Waals surface area contributed by atoms with Crippen molar-refractivity contribution in [2.45, 2.75) is 19.3 Å². The fourth-order valence-corrected chi connectivity index (χ4v) is 5.68. The highest BCUT2D eigenvalue weighted by Crippen LogP contribution is 2.35. The van der Waals surface area contributed by atoms with Crippen LogP contribution in [0.15, 0.2) is 54.9 Å². The average Bonchev–Trinajstić information content (AvgIpc) is 3.72. The van der Waals surface area contributed by atoms with Gasteiger partial charge in [-0.1, -0.05) is 6.08 Å². The molecule has 198 valence electrons. The molecule has 9 heteroatoms. The average molecular weight is 524 g/mol. The van der Waals surface area contributed by atoms with Gasteiger partial charge >= 0.3 is 0 Å². The van der Waals surface area contributed by atoms with Crippen molar-refractivity contribution in [1.29, 1.82) is 0 Å². The number of nitrogens with one attached hydrogen (secondary N) is 3.